The Bertz CT molecular complexity index is 372. The number of ketones is 1. The van der Waals surface area contributed by atoms with Gasteiger partial charge in [-0.15, -0.1) is 0 Å². The number of hydrogen-bond donors (Lipinski definition) is 0. The van der Waals surface area contributed by atoms with Gasteiger partial charge in [0.25, 0.3) is 0 Å². The van der Waals surface area contributed by atoms with Crippen molar-refractivity contribution in [3.63, 3.8) is 0 Å². The SMILES string of the molecule is CC(C)(C)OCC(=O)N1CCN(CC(=O)C(C)(C)C)CC1. The van der Waals surface area contributed by atoms with Crippen molar-refractivity contribution in [2.75, 3.05) is 39.3 Å². The second-order valence-electron chi connectivity index (χ2n) is 7.73. The van der Waals surface area contributed by atoms with Crippen LogP contribution in [0.2, 0.25) is 0 Å². The van der Waals surface area contributed by atoms with E-state index in [0.717, 1.165) is 13.1 Å². The van der Waals surface area contributed by atoms with Crippen molar-refractivity contribution >= 4 is 11.7 Å². The van der Waals surface area contributed by atoms with Gasteiger partial charge >= 0.3 is 0 Å². The average Bonchev–Trinajstić information content (AvgIpc) is 2.35. The van der Waals surface area contributed by atoms with Crippen LogP contribution in [-0.2, 0) is 14.3 Å². The number of Topliss-reactive ketones (excluding diaryl/α,β-unsaturated/α-hetero) is 1. The van der Waals surface area contributed by atoms with Crippen LogP contribution in [-0.4, -0.2) is 66.4 Å². The van der Waals surface area contributed by atoms with Crippen LogP contribution in [0.3, 0.4) is 0 Å². The smallest absolute Gasteiger partial charge is 0.248 e. The molecular weight excluding hydrogens is 268 g/mol. The van der Waals surface area contributed by atoms with Gasteiger partial charge in [-0.3, -0.25) is 14.5 Å². The lowest BCUT2D eigenvalue weighted by atomic mass is 9.90. The van der Waals surface area contributed by atoms with Crippen LogP contribution in [0, 0.1) is 5.41 Å². The van der Waals surface area contributed by atoms with E-state index in [2.05, 4.69) is 4.90 Å². The summed E-state index contributed by atoms with van der Waals surface area (Å²) in [5.74, 6) is 0.282. The maximum absolute atomic E-state index is 12.0. The van der Waals surface area contributed by atoms with Crippen LogP contribution in [0.1, 0.15) is 41.5 Å². The number of rotatable bonds is 4. The van der Waals surface area contributed by atoms with Crippen LogP contribution in [0.5, 0.6) is 0 Å². The molecule has 5 heteroatoms. The molecule has 1 aliphatic rings. The molecule has 1 saturated heterocycles. The number of ether oxygens (including phenoxy) is 1. The summed E-state index contributed by atoms with van der Waals surface area (Å²) in [6.45, 7) is 15.1. The first-order valence-electron chi connectivity index (χ1n) is 7.66. The van der Waals surface area contributed by atoms with Crippen molar-refractivity contribution in [2.24, 2.45) is 5.41 Å². The van der Waals surface area contributed by atoms with E-state index in [1.807, 2.05) is 46.4 Å². The van der Waals surface area contributed by atoms with Gasteiger partial charge in [0, 0.05) is 31.6 Å². The van der Waals surface area contributed by atoms with Gasteiger partial charge in [-0.05, 0) is 20.8 Å². The first-order chi connectivity index (χ1) is 9.49. The quantitative estimate of drug-likeness (QED) is 0.790. The van der Waals surface area contributed by atoms with Crippen LogP contribution in [0.25, 0.3) is 0 Å². The summed E-state index contributed by atoms with van der Waals surface area (Å²) in [6, 6.07) is 0. The maximum Gasteiger partial charge on any atom is 0.248 e. The predicted molar refractivity (Wildman–Crippen MR) is 83.2 cm³/mol. The zero-order chi connectivity index (χ0) is 16.3. The van der Waals surface area contributed by atoms with Crippen molar-refractivity contribution in [1.82, 2.24) is 9.80 Å². The molecule has 1 aliphatic heterocycles. The number of carbonyl (C=O) groups is 2. The molecule has 122 valence electrons. The Kier molecular flexibility index (Phi) is 5.93. The van der Waals surface area contributed by atoms with Crippen molar-refractivity contribution in [2.45, 2.75) is 47.1 Å². The largest absolute Gasteiger partial charge is 0.366 e. The number of carbonyl (C=O) groups excluding carboxylic acids is 2. The summed E-state index contributed by atoms with van der Waals surface area (Å²) in [6.07, 6.45) is 0. The van der Waals surface area contributed by atoms with E-state index in [1.165, 1.54) is 0 Å². The Morgan fingerprint density at radius 2 is 1.48 bits per heavy atom. The molecule has 0 aromatic rings. The molecule has 0 bridgehead atoms. The van der Waals surface area contributed by atoms with E-state index >= 15 is 0 Å². The minimum absolute atomic E-state index is 0.0340. The molecule has 0 N–H and O–H groups in total. The first-order valence-corrected chi connectivity index (χ1v) is 7.66. The molecule has 0 aliphatic carbocycles. The maximum atomic E-state index is 12.0. The van der Waals surface area contributed by atoms with Gasteiger partial charge in [-0.25, -0.2) is 0 Å². The lowest BCUT2D eigenvalue weighted by Crippen LogP contribution is -2.51. The number of nitrogens with zero attached hydrogens (tertiary/aromatic N) is 2. The zero-order valence-electron chi connectivity index (χ0n) is 14.4. The summed E-state index contributed by atoms with van der Waals surface area (Å²) in [5, 5.41) is 0. The topological polar surface area (TPSA) is 49.9 Å². The molecule has 0 spiro atoms. The molecule has 0 saturated carbocycles. The second kappa shape index (κ2) is 6.88. The average molecular weight is 298 g/mol. The molecule has 0 aromatic heterocycles. The monoisotopic (exact) mass is 298 g/mol. The van der Waals surface area contributed by atoms with E-state index in [9.17, 15) is 9.59 Å². The highest BCUT2D eigenvalue weighted by Gasteiger charge is 2.27. The van der Waals surface area contributed by atoms with Gasteiger partial charge in [0.2, 0.25) is 5.91 Å². The summed E-state index contributed by atoms with van der Waals surface area (Å²) >= 11 is 0. The van der Waals surface area contributed by atoms with Crippen molar-refractivity contribution in [3.8, 4) is 0 Å². The molecule has 1 rings (SSSR count). The normalized spacial score (nSPS) is 17.9. The molecule has 21 heavy (non-hydrogen) atoms. The van der Waals surface area contributed by atoms with Crippen LogP contribution >= 0.6 is 0 Å². The highest BCUT2D eigenvalue weighted by atomic mass is 16.5. The number of piperazine rings is 1. The number of hydrogen-bond acceptors (Lipinski definition) is 4. The van der Waals surface area contributed by atoms with E-state index < -0.39 is 0 Å². The zero-order valence-corrected chi connectivity index (χ0v) is 14.4. The fraction of sp³-hybridized carbons (Fsp3) is 0.875. The summed E-state index contributed by atoms with van der Waals surface area (Å²) in [5.41, 5.74) is -0.593. The molecule has 0 aromatic carbocycles. The van der Waals surface area contributed by atoms with Crippen molar-refractivity contribution in [3.05, 3.63) is 0 Å². The third-order valence-corrected chi connectivity index (χ3v) is 3.56. The molecule has 1 amide bonds. The second-order valence-corrected chi connectivity index (χ2v) is 7.73. The Balaban J connectivity index is 2.35. The third kappa shape index (κ3) is 6.57. The summed E-state index contributed by atoms with van der Waals surface area (Å²) in [7, 11) is 0. The molecule has 0 atom stereocenters. The fourth-order valence-corrected chi connectivity index (χ4v) is 1.97. The molecule has 1 fully saturated rings. The molecule has 0 radical (unpaired) electrons. The van der Waals surface area contributed by atoms with Crippen molar-refractivity contribution < 1.29 is 14.3 Å². The molecule has 5 nitrogen and oxygen atoms in total. The van der Waals surface area contributed by atoms with E-state index in [-0.39, 0.29) is 29.3 Å². The molecular formula is C16H30N2O3. The minimum atomic E-state index is -0.298. The molecule has 1 heterocycles. The Morgan fingerprint density at radius 1 is 0.952 bits per heavy atom. The lowest BCUT2D eigenvalue weighted by molar-refractivity contribution is -0.143. The highest BCUT2D eigenvalue weighted by molar-refractivity contribution is 5.85. The summed E-state index contributed by atoms with van der Waals surface area (Å²) in [4.78, 5) is 28.0. The third-order valence-electron chi connectivity index (χ3n) is 3.56. The van der Waals surface area contributed by atoms with Gasteiger partial charge in [0.05, 0.1) is 12.1 Å². The van der Waals surface area contributed by atoms with Crippen LogP contribution < -0.4 is 0 Å². The van der Waals surface area contributed by atoms with Gasteiger partial charge < -0.3 is 9.64 Å². The van der Waals surface area contributed by atoms with Gasteiger partial charge in [-0.2, -0.15) is 0 Å². The highest BCUT2D eigenvalue weighted by Crippen LogP contribution is 2.16. The number of amides is 1. The Labute approximate surface area is 128 Å². The van der Waals surface area contributed by atoms with Gasteiger partial charge in [0.1, 0.15) is 6.61 Å². The standard InChI is InChI=1S/C16H30N2O3/c1-15(2,3)13(19)11-17-7-9-18(10-8-17)14(20)12-21-16(4,5)6/h7-12H2,1-6H3. The van der Waals surface area contributed by atoms with E-state index in [1.54, 1.807) is 0 Å². The van der Waals surface area contributed by atoms with Crippen LogP contribution in [0.4, 0.5) is 0 Å². The lowest BCUT2D eigenvalue weighted by Gasteiger charge is -2.35. The van der Waals surface area contributed by atoms with Gasteiger partial charge in [0.15, 0.2) is 5.78 Å². The van der Waals surface area contributed by atoms with Crippen molar-refractivity contribution in [1.29, 1.82) is 0 Å². The van der Waals surface area contributed by atoms with E-state index in [0.29, 0.717) is 19.6 Å². The van der Waals surface area contributed by atoms with Crippen LogP contribution in [0.15, 0.2) is 0 Å². The van der Waals surface area contributed by atoms with E-state index in [4.69, 9.17) is 4.74 Å². The first kappa shape index (κ1) is 18.1. The Hall–Kier alpha value is -0.940. The van der Waals surface area contributed by atoms with Gasteiger partial charge in [-0.1, -0.05) is 20.8 Å². The fourth-order valence-electron chi connectivity index (χ4n) is 1.97. The predicted octanol–water partition coefficient (Wildman–Crippen LogP) is 1.56. The Morgan fingerprint density at radius 3 is 1.90 bits per heavy atom. The summed E-state index contributed by atoms with van der Waals surface area (Å²) < 4.78 is 5.52. The minimum Gasteiger partial charge on any atom is -0.366 e. The molecule has 0 unspecified atom stereocenters.